The maximum absolute atomic E-state index is 12.3. The fourth-order valence-electron chi connectivity index (χ4n) is 2.84. The molecule has 0 aromatic carbocycles. The molecule has 0 bridgehead atoms. The normalized spacial score (nSPS) is 17.1. The lowest BCUT2D eigenvalue weighted by atomic mass is 9.98. The molecule has 1 fully saturated rings. The number of hydrogen-bond donors (Lipinski definition) is 2. The maximum Gasteiger partial charge on any atom is 0.409 e. The Labute approximate surface area is 151 Å². The fourth-order valence-corrected chi connectivity index (χ4v) is 3.85. The van der Waals surface area contributed by atoms with E-state index >= 15 is 0 Å². The number of aryl methyl sites for hydroxylation is 2. The van der Waals surface area contributed by atoms with E-state index in [2.05, 4.69) is 10.9 Å². The lowest BCUT2D eigenvalue weighted by Crippen LogP contribution is -2.50. The van der Waals surface area contributed by atoms with E-state index in [1.54, 1.807) is 6.92 Å². The van der Waals surface area contributed by atoms with Crippen molar-refractivity contribution < 1.29 is 19.1 Å². The molecule has 2 heterocycles. The topological polar surface area (TPSA) is 87.7 Å². The lowest BCUT2D eigenvalue weighted by molar-refractivity contribution is -0.127. The smallest absolute Gasteiger partial charge is 0.409 e. The van der Waals surface area contributed by atoms with Crippen molar-refractivity contribution >= 4 is 29.2 Å². The standard InChI is InChI=1S/C17H25N3O4S/c1-4-13-11(3)9-14(25-13)16(22)19-18-15(21)12-7-6-8-20(10-12)17(23)24-5-2/h9,12H,4-8,10H2,1-3H3,(H,18,21)(H,19,22). The van der Waals surface area contributed by atoms with Crippen LogP contribution in [0.3, 0.4) is 0 Å². The molecule has 0 radical (unpaired) electrons. The predicted molar refractivity (Wildman–Crippen MR) is 95.4 cm³/mol. The van der Waals surface area contributed by atoms with E-state index in [1.165, 1.54) is 16.2 Å². The summed E-state index contributed by atoms with van der Waals surface area (Å²) >= 11 is 1.43. The van der Waals surface area contributed by atoms with Gasteiger partial charge in [0.25, 0.3) is 5.91 Å². The molecule has 0 aliphatic carbocycles. The third-order valence-electron chi connectivity index (χ3n) is 4.18. The number of hydrogen-bond acceptors (Lipinski definition) is 5. The van der Waals surface area contributed by atoms with Crippen LogP contribution in [0.4, 0.5) is 4.79 Å². The van der Waals surface area contributed by atoms with Gasteiger partial charge in [-0.25, -0.2) is 4.79 Å². The van der Waals surface area contributed by atoms with Crippen molar-refractivity contribution in [3.63, 3.8) is 0 Å². The summed E-state index contributed by atoms with van der Waals surface area (Å²) in [6.45, 7) is 6.96. The van der Waals surface area contributed by atoms with Gasteiger partial charge in [-0.15, -0.1) is 11.3 Å². The number of rotatable bonds is 4. The van der Waals surface area contributed by atoms with Gasteiger partial charge in [0.1, 0.15) is 0 Å². The van der Waals surface area contributed by atoms with Crippen LogP contribution < -0.4 is 10.9 Å². The minimum absolute atomic E-state index is 0.286. The van der Waals surface area contributed by atoms with Gasteiger partial charge in [-0.05, 0) is 44.7 Å². The molecule has 7 nitrogen and oxygen atoms in total. The van der Waals surface area contributed by atoms with E-state index < -0.39 is 6.09 Å². The average molecular weight is 367 g/mol. The Morgan fingerprint density at radius 3 is 2.72 bits per heavy atom. The number of amides is 3. The van der Waals surface area contributed by atoms with Gasteiger partial charge in [0.2, 0.25) is 5.91 Å². The molecule has 138 valence electrons. The fraction of sp³-hybridized carbons (Fsp3) is 0.588. The number of thiophene rings is 1. The number of nitrogens with one attached hydrogen (secondary N) is 2. The molecule has 0 spiro atoms. The predicted octanol–water partition coefficient (Wildman–Crippen LogP) is 2.25. The van der Waals surface area contributed by atoms with Crippen molar-refractivity contribution in [2.45, 2.75) is 40.0 Å². The first kappa shape index (κ1) is 19.2. The second kappa shape index (κ2) is 8.84. The Hall–Kier alpha value is -2.09. The van der Waals surface area contributed by atoms with Crippen LogP contribution >= 0.6 is 11.3 Å². The highest BCUT2D eigenvalue weighted by Crippen LogP contribution is 2.22. The molecule has 1 saturated heterocycles. The molecular formula is C17H25N3O4S. The van der Waals surface area contributed by atoms with E-state index in [9.17, 15) is 14.4 Å². The minimum atomic E-state index is -0.398. The average Bonchev–Trinajstić information content (AvgIpc) is 3.00. The zero-order chi connectivity index (χ0) is 18.4. The number of nitrogens with zero attached hydrogens (tertiary/aromatic N) is 1. The van der Waals surface area contributed by atoms with Gasteiger partial charge >= 0.3 is 6.09 Å². The highest BCUT2D eigenvalue weighted by atomic mass is 32.1. The molecule has 1 aliphatic heterocycles. The number of likely N-dealkylation sites (tertiary alicyclic amines) is 1. The highest BCUT2D eigenvalue weighted by molar-refractivity contribution is 7.14. The van der Waals surface area contributed by atoms with Crippen molar-refractivity contribution in [1.82, 2.24) is 15.8 Å². The molecule has 1 unspecified atom stereocenters. The highest BCUT2D eigenvalue weighted by Gasteiger charge is 2.29. The molecular weight excluding hydrogens is 342 g/mol. The quantitative estimate of drug-likeness (QED) is 0.799. The van der Waals surface area contributed by atoms with Crippen LogP contribution in [0.1, 0.15) is 46.8 Å². The van der Waals surface area contributed by atoms with Crippen LogP contribution in [0.15, 0.2) is 6.07 Å². The van der Waals surface area contributed by atoms with Gasteiger partial charge in [0, 0.05) is 18.0 Å². The number of piperidine rings is 1. The second-order valence-corrected chi connectivity index (χ2v) is 7.13. The first-order valence-corrected chi connectivity index (χ1v) is 9.39. The Kier molecular flexibility index (Phi) is 6.81. The number of hydrazine groups is 1. The van der Waals surface area contributed by atoms with Crippen molar-refractivity contribution in [2.75, 3.05) is 19.7 Å². The van der Waals surface area contributed by atoms with Gasteiger partial charge < -0.3 is 9.64 Å². The molecule has 3 amide bonds. The number of carbonyl (C=O) groups excluding carboxylic acids is 3. The molecule has 1 aliphatic rings. The van der Waals surface area contributed by atoms with E-state index in [1.807, 2.05) is 19.9 Å². The largest absolute Gasteiger partial charge is 0.450 e. The second-order valence-electron chi connectivity index (χ2n) is 6.00. The van der Waals surface area contributed by atoms with Gasteiger partial charge in [-0.3, -0.25) is 20.4 Å². The van der Waals surface area contributed by atoms with Crippen molar-refractivity contribution in [2.24, 2.45) is 5.92 Å². The van der Waals surface area contributed by atoms with Gasteiger partial charge in [-0.1, -0.05) is 6.92 Å². The summed E-state index contributed by atoms with van der Waals surface area (Å²) in [6.07, 6.45) is 1.89. The summed E-state index contributed by atoms with van der Waals surface area (Å²) in [6, 6.07) is 1.83. The van der Waals surface area contributed by atoms with Crippen molar-refractivity contribution in [1.29, 1.82) is 0 Å². The van der Waals surface area contributed by atoms with Crippen molar-refractivity contribution in [3.05, 3.63) is 21.4 Å². The summed E-state index contributed by atoms with van der Waals surface area (Å²) in [5.41, 5.74) is 6.03. The Morgan fingerprint density at radius 2 is 2.08 bits per heavy atom. The third-order valence-corrected chi connectivity index (χ3v) is 5.56. The van der Waals surface area contributed by atoms with Gasteiger partial charge in [0.15, 0.2) is 0 Å². The SMILES string of the molecule is CCOC(=O)N1CCCC(C(=O)NNC(=O)c2cc(C)c(CC)s2)C1. The van der Waals surface area contributed by atoms with Gasteiger partial charge in [-0.2, -0.15) is 0 Å². The Morgan fingerprint density at radius 1 is 1.32 bits per heavy atom. The van der Waals surface area contributed by atoms with E-state index in [0.717, 1.165) is 23.3 Å². The van der Waals surface area contributed by atoms with E-state index in [-0.39, 0.29) is 17.7 Å². The Balaban J connectivity index is 1.86. The molecule has 2 N–H and O–H groups in total. The van der Waals surface area contributed by atoms with Crippen LogP contribution in [0.25, 0.3) is 0 Å². The van der Waals surface area contributed by atoms with Crippen LogP contribution in [0.5, 0.6) is 0 Å². The minimum Gasteiger partial charge on any atom is -0.450 e. The van der Waals surface area contributed by atoms with Crippen LogP contribution in [0.2, 0.25) is 0 Å². The number of carbonyl (C=O) groups is 3. The van der Waals surface area contributed by atoms with Gasteiger partial charge in [0.05, 0.1) is 17.4 Å². The van der Waals surface area contributed by atoms with Crippen LogP contribution in [-0.2, 0) is 16.0 Å². The summed E-state index contributed by atoms with van der Waals surface area (Å²) in [4.78, 5) is 39.5. The summed E-state index contributed by atoms with van der Waals surface area (Å²) < 4.78 is 4.98. The summed E-state index contributed by atoms with van der Waals surface area (Å²) in [7, 11) is 0. The molecule has 2 rings (SSSR count). The molecule has 1 atom stereocenters. The maximum atomic E-state index is 12.3. The molecule has 8 heteroatoms. The van der Waals surface area contributed by atoms with Crippen LogP contribution in [-0.4, -0.2) is 42.5 Å². The van der Waals surface area contributed by atoms with Crippen molar-refractivity contribution in [3.8, 4) is 0 Å². The van der Waals surface area contributed by atoms with Crippen LogP contribution in [0, 0.1) is 12.8 Å². The number of ether oxygens (including phenoxy) is 1. The van der Waals surface area contributed by atoms with E-state index in [0.29, 0.717) is 31.0 Å². The summed E-state index contributed by atoms with van der Waals surface area (Å²) in [5, 5.41) is 0. The lowest BCUT2D eigenvalue weighted by Gasteiger charge is -2.31. The monoisotopic (exact) mass is 367 g/mol. The first-order valence-electron chi connectivity index (χ1n) is 8.57. The first-order chi connectivity index (χ1) is 12.0. The van der Waals surface area contributed by atoms with E-state index in [4.69, 9.17) is 4.74 Å². The molecule has 25 heavy (non-hydrogen) atoms. The molecule has 1 aromatic rings. The summed E-state index contributed by atoms with van der Waals surface area (Å²) in [5.74, 6) is -0.958. The Bertz CT molecular complexity index is 644. The third kappa shape index (κ3) is 4.94. The zero-order valence-corrected chi connectivity index (χ0v) is 15.7. The zero-order valence-electron chi connectivity index (χ0n) is 14.9. The molecule has 0 saturated carbocycles. The molecule has 1 aromatic heterocycles.